The van der Waals surface area contributed by atoms with Gasteiger partial charge in [-0.15, -0.1) is 0 Å². The van der Waals surface area contributed by atoms with Crippen molar-refractivity contribution in [3.8, 4) is 11.1 Å². The lowest BCUT2D eigenvalue weighted by Crippen LogP contribution is -2.13. The average Bonchev–Trinajstić information content (AvgIpc) is 2.39. The highest BCUT2D eigenvalue weighted by Crippen LogP contribution is 2.20. The van der Waals surface area contributed by atoms with Gasteiger partial charge in [0.1, 0.15) is 0 Å². The fraction of sp³-hybridized carbons (Fsp3) is 0.125. The van der Waals surface area contributed by atoms with E-state index >= 15 is 0 Å². The van der Waals surface area contributed by atoms with Crippen molar-refractivity contribution in [3.05, 3.63) is 60.2 Å². The molecule has 0 bridgehead atoms. The Kier molecular flexibility index (Phi) is 3.60. The summed E-state index contributed by atoms with van der Waals surface area (Å²) >= 11 is 0. The van der Waals surface area contributed by atoms with Gasteiger partial charge in [0, 0.05) is 10.2 Å². The van der Waals surface area contributed by atoms with Crippen LogP contribution in [0.3, 0.4) is 0 Å². The minimum Gasteiger partial charge on any atom is -0.0985 e. The third kappa shape index (κ3) is 2.24. The summed E-state index contributed by atoms with van der Waals surface area (Å²) in [6.07, 6.45) is 3.08. The van der Waals surface area contributed by atoms with Crippen molar-refractivity contribution in [1.82, 2.24) is 0 Å². The van der Waals surface area contributed by atoms with Gasteiger partial charge in [-0.2, -0.15) is 0 Å². The lowest BCUT2D eigenvalue weighted by molar-refractivity contribution is 1.14. The van der Waals surface area contributed by atoms with Crippen LogP contribution in [0.5, 0.6) is 0 Å². The van der Waals surface area contributed by atoms with E-state index in [2.05, 4.69) is 56.0 Å². The minimum absolute atomic E-state index is 1.05. The fourth-order valence-corrected chi connectivity index (χ4v) is 3.29. The Morgan fingerprint density at radius 2 is 1.82 bits per heavy atom. The molecule has 0 atom stereocenters. The zero-order chi connectivity index (χ0) is 12.3. The minimum atomic E-state index is 1.05. The Hall–Kier alpha value is -1.60. The molecule has 0 saturated heterocycles. The highest BCUT2D eigenvalue weighted by molar-refractivity contribution is 6.38. The third-order valence-corrected chi connectivity index (χ3v) is 4.35. The van der Waals surface area contributed by atoms with Gasteiger partial charge in [-0.3, -0.25) is 0 Å². The van der Waals surface area contributed by atoms with Crippen molar-refractivity contribution in [2.75, 3.05) is 0 Å². The summed E-state index contributed by atoms with van der Waals surface area (Å²) in [6, 6.07) is 15.1. The summed E-state index contributed by atoms with van der Waals surface area (Å²) in [7, 11) is 1.05. The summed E-state index contributed by atoms with van der Waals surface area (Å²) in [4.78, 5) is 0. The highest BCUT2D eigenvalue weighted by Gasteiger charge is 2.07. The van der Waals surface area contributed by atoms with Crippen LogP contribution in [0.2, 0.25) is 0 Å². The van der Waals surface area contributed by atoms with E-state index in [9.17, 15) is 0 Å². The molecule has 2 rings (SSSR count). The fourth-order valence-electron chi connectivity index (χ4n) is 2.31. The Labute approximate surface area is 106 Å². The quantitative estimate of drug-likeness (QED) is 0.721. The summed E-state index contributed by atoms with van der Waals surface area (Å²) < 4.78 is 0. The van der Waals surface area contributed by atoms with Crippen LogP contribution in [0.4, 0.5) is 0 Å². The van der Waals surface area contributed by atoms with E-state index in [0.29, 0.717) is 0 Å². The Bertz CT molecular complexity index is 527. The predicted molar refractivity (Wildman–Crippen MR) is 80.9 cm³/mol. The van der Waals surface area contributed by atoms with Gasteiger partial charge in [0.25, 0.3) is 0 Å². The van der Waals surface area contributed by atoms with Crippen LogP contribution >= 0.6 is 0 Å². The first-order valence-corrected chi connectivity index (χ1v) is 7.08. The zero-order valence-electron chi connectivity index (χ0n) is 10.5. The van der Waals surface area contributed by atoms with E-state index in [1.54, 1.807) is 0 Å². The smallest absolute Gasteiger partial charge is 0.0401 e. The van der Waals surface area contributed by atoms with E-state index < -0.39 is 0 Å². The first-order chi connectivity index (χ1) is 8.27. The molecule has 0 unspecified atom stereocenters. The second-order valence-corrected chi connectivity index (χ2v) is 5.23. The standard InChI is InChI=1S/C16H18Si/c1-3-12-10-11-15(16(17)14(12)4-2)13-8-6-5-7-9-13/h4-11H,2-3H2,1,17H3. The molecular weight excluding hydrogens is 220 g/mol. The van der Waals surface area contributed by atoms with Crippen molar-refractivity contribution in [2.45, 2.75) is 13.3 Å². The molecule has 2 aromatic carbocycles. The Morgan fingerprint density at radius 3 is 2.41 bits per heavy atom. The van der Waals surface area contributed by atoms with Gasteiger partial charge in [0.05, 0.1) is 0 Å². The van der Waals surface area contributed by atoms with Crippen LogP contribution < -0.4 is 5.19 Å². The van der Waals surface area contributed by atoms with Crippen LogP contribution in [-0.4, -0.2) is 10.2 Å². The van der Waals surface area contributed by atoms with Crippen molar-refractivity contribution in [3.63, 3.8) is 0 Å². The van der Waals surface area contributed by atoms with E-state index in [4.69, 9.17) is 0 Å². The van der Waals surface area contributed by atoms with Gasteiger partial charge < -0.3 is 0 Å². The third-order valence-electron chi connectivity index (χ3n) is 3.27. The number of hydrogen-bond donors (Lipinski definition) is 0. The molecule has 0 aromatic heterocycles. The van der Waals surface area contributed by atoms with E-state index in [1.165, 1.54) is 27.4 Å². The largest absolute Gasteiger partial charge is 0.0985 e. The van der Waals surface area contributed by atoms with Gasteiger partial charge in [-0.05, 0) is 28.7 Å². The van der Waals surface area contributed by atoms with Crippen LogP contribution in [-0.2, 0) is 6.42 Å². The molecule has 1 heteroatoms. The van der Waals surface area contributed by atoms with Crippen LogP contribution in [0, 0.1) is 0 Å². The number of hydrogen-bond acceptors (Lipinski definition) is 0. The topological polar surface area (TPSA) is 0 Å². The van der Waals surface area contributed by atoms with E-state index in [1.807, 2.05) is 6.08 Å². The SMILES string of the molecule is C=Cc1c(CC)ccc(-c2ccccc2)c1[SiH3]. The Morgan fingerprint density at radius 1 is 1.12 bits per heavy atom. The van der Waals surface area contributed by atoms with Crippen molar-refractivity contribution < 1.29 is 0 Å². The van der Waals surface area contributed by atoms with Gasteiger partial charge in [0.15, 0.2) is 0 Å². The van der Waals surface area contributed by atoms with Gasteiger partial charge in [0.2, 0.25) is 0 Å². The molecule has 0 nitrogen and oxygen atoms in total. The summed E-state index contributed by atoms with van der Waals surface area (Å²) in [6.45, 7) is 6.16. The molecule has 0 radical (unpaired) electrons. The second-order valence-electron chi connectivity index (χ2n) is 4.23. The first-order valence-electron chi connectivity index (χ1n) is 6.08. The van der Waals surface area contributed by atoms with Crippen molar-refractivity contribution in [2.24, 2.45) is 0 Å². The lowest BCUT2D eigenvalue weighted by Gasteiger charge is -2.13. The molecular formula is C16H18Si. The number of aryl methyl sites for hydroxylation is 1. The molecule has 2 aromatic rings. The maximum absolute atomic E-state index is 3.96. The molecule has 86 valence electrons. The molecule has 0 N–H and O–H groups in total. The number of rotatable bonds is 3. The normalized spacial score (nSPS) is 10.4. The van der Waals surface area contributed by atoms with Gasteiger partial charge >= 0.3 is 0 Å². The molecule has 0 fully saturated rings. The van der Waals surface area contributed by atoms with Crippen LogP contribution in [0.1, 0.15) is 18.1 Å². The molecule has 0 aliphatic carbocycles. The summed E-state index contributed by atoms with van der Waals surface area (Å²) in [5.41, 5.74) is 5.43. The summed E-state index contributed by atoms with van der Waals surface area (Å²) in [5.74, 6) is 0. The average molecular weight is 238 g/mol. The van der Waals surface area contributed by atoms with Gasteiger partial charge in [-0.1, -0.05) is 67.2 Å². The summed E-state index contributed by atoms with van der Waals surface area (Å²) in [5, 5.41) is 1.46. The lowest BCUT2D eigenvalue weighted by atomic mass is 9.97. The molecule has 0 heterocycles. The van der Waals surface area contributed by atoms with Crippen molar-refractivity contribution in [1.29, 1.82) is 0 Å². The second kappa shape index (κ2) is 5.15. The van der Waals surface area contributed by atoms with Crippen LogP contribution in [0.25, 0.3) is 17.2 Å². The molecule has 0 amide bonds. The monoisotopic (exact) mass is 238 g/mol. The maximum Gasteiger partial charge on any atom is 0.0401 e. The Balaban J connectivity index is 2.61. The highest BCUT2D eigenvalue weighted by atomic mass is 28.1. The predicted octanol–water partition coefficient (Wildman–Crippen LogP) is 2.55. The van der Waals surface area contributed by atoms with Crippen molar-refractivity contribution >= 4 is 21.5 Å². The number of benzene rings is 2. The van der Waals surface area contributed by atoms with E-state index in [-0.39, 0.29) is 0 Å². The first kappa shape index (κ1) is 11.9. The molecule has 0 aliphatic heterocycles. The van der Waals surface area contributed by atoms with Gasteiger partial charge in [-0.25, -0.2) is 0 Å². The molecule has 17 heavy (non-hydrogen) atoms. The molecule has 0 spiro atoms. The van der Waals surface area contributed by atoms with Crippen LogP contribution in [0.15, 0.2) is 49.0 Å². The van der Waals surface area contributed by atoms with E-state index in [0.717, 1.165) is 16.7 Å². The molecule has 0 saturated carbocycles. The zero-order valence-corrected chi connectivity index (χ0v) is 12.5. The molecule has 0 aliphatic rings. The maximum atomic E-state index is 3.96.